The lowest BCUT2D eigenvalue weighted by Crippen LogP contribution is -2.14. The van der Waals surface area contributed by atoms with Gasteiger partial charge in [-0.25, -0.2) is 9.59 Å². The van der Waals surface area contributed by atoms with Crippen LogP contribution in [0.5, 0.6) is 0 Å². The Balaban J connectivity index is 3.23. The summed E-state index contributed by atoms with van der Waals surface area (Å²) in [6.07, 6.45) is 0. The first-order valence-corrected chi connectivity index (χ1v) is 4.96. The summed E-state index contributed by atoms with van der Waals surface area (Å²) >= 11 is 0. The van der Waals surface area contributed by atoms with Crippen molar-refractivity contribution in [2.45, 2.75) is 13.8 Å². The van der Waals surface area contributed by atoms with Crippen LogP contribution in [-0.4, -0.2) is 25.7 Å². The molecule has 0 amide bonds. The minimum absolute atomic E-state index is 0.237. The minimum atomic E-state index is -0.535. The van der Waals surface area contributed by atoms with Gasteiger partial charge in [0.15, 0.2) is 0 Å². The van der Waals surface area contributed by atoms with Crippen LogP contribution in [0, 0.1) is 6.92 Å². The van der Waals surface area contributed by atoms with Crippen molar-refractivity contribution < 1.29 is 19.1 Å². The highest BCUT2D eigenvalue weighted by Gasteiger charge is 2.20. The van der Waals surface area contributed by atoms with Crippen molar-refractivity contribution in [2.75, 3.05) is 13.7 Å². The van der Waals surface area contributed by atoms with Crippen molar-refractivity contribution in [2.24, 2.45) is 0 Å². The molecule has 0 saturated carbocycles. The smallest absolute Gasteiger partial charge is 0.339 e. The topological polar surface area (TPSA) is 52.6 Å². The van der Waals surface area contributed by atoms with Gasteiger partial charge < -0.3 is 9.47 Å². The SMILES string of the molecule is CCOC(=O)c1c(C)cccc1C(=O)OC. The Bertz CT molecular complexity index is 409. The summed E-state index contributed by atoms with van der Waals surface area (Å²) in [5, 5.41) is 0. The number of methoxy groups -OCH3 is 1. The molecule has 0 saturated heterocycles. The number of benzene rings is 1. The number of esters is 2. The molecule has 0 bridgehead atoms. The largest absolute Gasteiger partial charge is 0.465 e. The van der Waals surface area contributed by atoms with E-state index in [1.807, 2.05) is 0 Å². The molecule has 1 rings (SSSR count). The van der Waals surface area contributed by atoms with Gasteiger partial charge >= 0.3 is 11.9 Å². The van der Waals surface area contributed by atoms with E-state index in [0.717, 1.165) is 0 Å². The van der Waals surface area contributed by atoms with Crippen molar-refractivity contribution in [3.05, 3.63) is 34.9 Å². The number of aryl methyl sites for hydroxylation is 1. The third-order valence-corrected chi connectivity index (χ3v) is 2.16. The van der Waals surface area contributed by atoms with E-state index in [0.29, 0.717) is 5.56 Å². The maximum atomic E-state index is 11.7. The summed E-state index contributed by atoms with van der Waals surface area (Å²) in [5.74, 6) is -1.03. The fraction of sp³-hybridized carbons (Fsp3) is 0.333. The third-order valence-electron chi connectivity index (χ3n) is 2.16. The summed E-state index contributed by atoms with van der Waals surface area (Å²) < 4.78 is 9.51. The molecule has 1 aromatic carbocycles. The van der Waals surface area contributed by atoms with E-state index in [1.165, 1.54) is 7.11 Å². The summed E-state index contributed by atoms with van der Waals surface area (Å²) in [7, 11) is 1.28. The lowest BCUT2D eigenvalue weighted by Gasteiger charge is -2.09. The molecular weight excluding hydrogens is 208 g/mol. The maximum Gasteiger partial charge on any atom is 0.339 e. The highest BCUT2D eigenvalue weighted by atomic mass is 16.5. The number of hydrogen-bond acceptors (Lipinski definition) is 4. The molecule has 0 fully saturated rings. The number of rotatable bonds is 3. The molecule has 1 aromatic rings. The fourth-order valence-electron chi connectivity index (χ4n) is 1.42. The van der Waals surface area contributed by atoms with E-state index in [4.69, 9.17) is 4.74 Å². The lowest BCUT2D eigenvalue weighted by molar-refractivity contribution is 0.0503. The predicted molar refractivity (Wildman–Crippen MR) is 58.5 cm³/mol. The van der Waals surface area contributed by atoms with E-state index in [9.17, 15) is 9.59 Å². The Kier molecular flexibility index (Phi) is 4.05. The van der Waals surface area contributed by atoms with Crippen LogP contribution in [0.2, 0.25) is 0 Å². The van der Waals surface area contributed by atoms with Gasteiger partial charge in [0.2, 0.25) is 0 Å². The molecule has 16 heavy (non-hydrogen) atoms. The first-order valence-electron chi connectivity index (χ1n) is 4.96. The molecule has 0 spiro atoms. The average Bonchev–Trinajstić information content (AvgIpc) is 2.27. The third kappa shape index (κ3) is 2.39. The van der Waals surface area contributed by atoms with E-state index in [1.54, 1.807) is 32.0 Å². The standard InChI is InChI=1S/C12H14O4/c1-4-16-12(14)10-8(2)6-5-7-9(10)11(13)15-3/h5-7H,4H2,1-3H3. The molecule has 4 heteroatoms. The highest BCUT2D eigenvalue weighted by molar-refractivity contribution is 6.04. The van der Waals surface area contributed by atoms with Crippen LogP contribution in [0.4, 0.5) is 0 Å². The van der Waals surface area contributed by atoms with Crippen LogP contribution in [-0.2, 0) is 9.47 Å². The predicted octanol–water partition coefficient (Wildman–Crippen LogP) is 1.96. The molecule has 86 valence electrons. The normalized spacial score (nSPS) is 9.69. The Morgan fingerprint density at radius 3 is 2.50 bits per heavy atom. The quantitative estimate of drug-likeness (QED) is 0.733. The second kappa shape index (κ2) is 5.30. The second-order valence-corrected chi connectivity index (χ2v) is 3.21. The van der Waals surface area contributed by atoms with E-state index in [2.05, 4.69) is 4.74 Å². The Hall–Kier alpha value is -1.84. The maximum absolute atomic E-state index is 11.7. The number of carbonyl (C=O) groups excluding carboxylic acids is 2. The van der Waals surface area contributed by atoms with Gasteiger partial charge in [-0.2, -0.15) is 0 Å². The minimum Gasteiger partial charge on any atom is -0.465 e. The van der Waals surface area contributed by atoms with E-state index >= 15 is 0 Å². The number of hydrogen-bond donors (Lipinski definition) is 0. The second-order valence-electron chi connectivity index (χ2n) is 3.21. The van der Waals surface area contributed by atoms with Gasteiger partial charge in [-0.15, -0.1) is 0 Å². The van der Waals surface area contributed by atoms with Crippen molar-refractivity contribution in [1.29, 1.82) is 0 Å². The van der Waals surface area contributed by atoms with Gasteiger partial charge in [-0.1, -0.05) is 12.1 Å². The Labute approximate surface area is 94.2 Å². The first kappa shape index (κ1) is 12.2. The molecule has 0 aliphatic carbocycles. The van der Waals surface area contributed by atoms with Crippen molar-refractivity contribution >= 4 is 11.9 Å². The molecule has 0 aliphatic heterocycles. The van der Waals surface area contributed by atoms with E-state index < -0.39 is 11.9 Å². The van der Waals surface area contributed by atoms with Crippen LogP contribution in [0.25, 0.3) is 0 Å². The summed E-state index contributed by atoms with van der Waals surface area (Å²) in [4.78, 5) is 23.1. The molecule has 0 aliphatic rings. The zero-order valence-corrected chi connectivity index (χ0v) is 9.57. The van der Waals surface area contributed by atoms with Gasteiger partial charge in [0.1, 0.15) is 0 Å². The van der Waals surface area contributed by atoms with Crippen LogP contribution in [0.3, 0.4) is 0 Å². The van der Waals surface area contributed by atoms with Crippen LogP contribution >= 0.6 is 0 Å². The molecule has 4 nitrogen and oxygen atoms in total. The molecule has 0 N–H and O–H groups in total. The van der Waals surface area contributed by atoms with Crippen molar-refractivity contribution in [3.8, 4) is 0 Å². The fourth-order valence-corrected chi connectivity index (χ4v) is 1.42. The van der Waals surface area contributed by atoms with Gasteiger partial charge in [-0.3, -0.25) is 0 Å². The van der Waals surface area contributed by atoms with Crippen LogP contribution in [0.15, 0.2) is 18.2 Å². The summed E-state index contributed by atoms with van der Waals surface area (Å²) in [6.45, 7) is 3.74. The van der Waals surface area contributed by atoms with E-state index in [-0.39, 0.29) is 17.7 Å². The van der Waals surface area contributed by atoms with Crippen molar-refractivity contribution in [3.63, 3.8) is 0 Å². The van der Waals surface area contributed by atoms with Gasteiger partial charge in [0.25, 0.3) is 0 Å². The molecule has 0 radical (unpaired) electrons. The monoisotopic (exact) mass is 222 g/mol. The van der Waals surface area contributed by atoms with Crippen LogP contribution in [0.1, 0.15) is 33.2 Å². The van der Waals surface area contributed by atoms with Crippen LogP contribution < -0.4 is 0 Å². The Morgan fingerprint density at radius 2 is 1.94 bits per heavy atom. The summed E-state index contributed by atoms with van der Waals surface area (Å²) in [6, 6.07) is 4.99. The van der Waals surface area contributed by atoms with Crippen molar-refractivity contribution in [1.82, 2.24) is 0 Å². The number of ether oxygens (including phenoxy) is 2. The molecule has 0 aromatic heterocycles. The van der Waals surface area contributed by atoms with Gasteiger partial charge in [0, 0.05) is 0 Å². The van der Waals surface area contributed by atoms with Gasteiger partial charge in [-0.05, 0) is 25.5 Å². The molecule has 0 unspecified atom stereocenters. The lowest BCUT2D eigenvalue weighted by atomic mass is 10.0. The average molecular weight is 222 g/mol. The zero-order valence-electron chi connectivity index (χ0n) is 9.57. The molecule has 0 atom stereocenters. The summed E-state index contributed by atoms with van der Waals surface area (Å²) in [5.41, 5.74) is 1.21. The zero-order chi connectivity index (χ0) is 12.1. The molecule has 0 heterocycles. The Morgan fingerprint density at radius 1 is 1.25 bits per heavy atom. The molecular formula is C12H14O4. The van der Waals surface area contributed by atoms with Gasteiger partial charge in [0.05, 0.1) is 24.8 Å². The first-order chi connectivity index (χ1) is 7.61. The highest BCUT2D eigenvalue weighted by Crippen LogP contribution is 2.16. The number of carbonyl (C=O) groups is 2.